The summed E-state index contributed by atoms with van der Waals surface area (Å²) in [5.74, 6) is 2.84. The van der Waals surface area contributed by atoms with E-state index < -0.39 is 0 Å². The van der Waals surface area contributed by atoms with E-state index in [0.717, 1.165) is 34.8 Å². The van der Waals surface area contributed by atoms with Crippen molar-refractivity contribution in [2.24, 2.45) is 10.1 Å². The number of amides is 1. The molecule has 1 amide bonds. The Morgan fingerprint density at radius 1 is 1.07 bits per heavy atom. The lowest BCUT2D eigenvalue weighted by molar-refractivity contribution is 0.267. The van der Waals surface area contributed by atoms with Crippen LogP contribution in [0.4, 0.5) is 4.79 Å². The SMILES string of the molecule is COc1ccc(C2CC(c3cccc(OC)c3)=NN2C2=NC(=O)SC2)cc1. The van der Waals surface area contributed by atoms with Crippen molar-refractivity contribution in [2.75, 3.05) is 20.0 Å². The maximum Gasteiger partial charge on any atom is 0.307 e. The average Bonchev–Trinajstić information content (AvgIpc) is 3.34. The number of hydrazone groups is 1. The van der Waals surface area contributed by atoms with Crippen molar-refractivity contribution in [3.05, 3.63) is 59.7 Å². The van der Waals surface area contributed by atoms with Gasteiger partial charge in [0.15, 0.2) is 0 Å². The fourth-order valence-electron chi connectivity index (χ4n) is 3.22. The molecule has 0 aliphatic carbocycles. The standard InChI is InChI=1S/C20H19N3O3S/c1-25-15-8-6-13(7-9-15)18-11-17(14-4-3-5-16(10-14)26-2)22-23(18)19-12-27-20(24)21-19/h3-10,18H,11-12H2,1-2H3. The molecule has 0 saturated heterocycles. The minimum atomic E-state index is -0.163. The zero-order valence-corrected chi connectivity index (χ0v) is 15.9. The van der Waals surface area contributed by atoms with Gasteiger partial charge in [-0.1, -0.05) is 36.0 Å². The molecule has 27 heavy (non-hydrogen) atoms. The first-order valence-corrected chi connectivity index (χ1v) is 9.56. The first-order chi connectivity index (χ1) is 13.2. The molecular formula is C20H19N3O3S. The third-order valence-corrected chi connectivity index (χ3v) is 5.36. The zero-order valence-electron chi connectivity index (χ0n) is 15.1. The van der Waals surface area contributed by atoms with Crippen LogP contribution in [0, 0.1) is 0 Å². The van der Waals surface area contributed by atoms with Crippen molar-refractivity contribution in [1.29, 1.82) is 0 Å². The maximum atomic E-state index is 11.6. The molecule has 2 aromatic rings. The van der Waals surface area contributed by atoms with E-state index in [4.69, 9.17) is 14.6 Å². The van der Waals surface area contributed by atoms with Crippen molar-refractivity contribution in [2.45, 2.75) is 12.5 Å². The number of carbonyl (C=O) groups is 1. The second-order valence-corrected chi connectivity index (χ2v) is 7.13. The van der Waals surface area contributed by atoms with Crippen LogP contribution in [0.2, 0.25) is 0 Å². The van der Waals surface area contributed by atoms with Crippen molar-refractivity contribution in [3.63, 3.8) is 0 Å². The first kappa shape index (κ1) is 17.6. The number of rotatable bonds is 4. The van der Waals surface area contributed by atoms with E-state index in [0.29, 0.717) is 11.6 Å². The third-order valence-electron chi connectivity index (χ3n) is 4.62. The Kier molecular flexibility index (Phi) is 4.85. The van der Waals surface area contributed by atoms with E-state index in [1.807, 2.05) is 53.5 Å². The molecule has 2 aromatic carbocycles. The largest absolute Gasteiger partial charge is 0.497 e. The van der Waals surface area contributed by atoms with Gasteiger partial charge in [0.1, 0.15) is 17.3 Å². The average molecular weight is 381 g/mol. The van der Waals surface area contributed by atoms with E-state index in [9.17, 15) is 4.79 Å². The molecule has 0 bridgehead atoms. The lowest BCUT2D eigenvalue weighted by atomic mass is 9.98. The smallest absolute Gasteiger partial charge is 0.307 e. The number of amidine groups is 1. The van der Waals surface area contributed by atoms with Crippen LogP contribution >= 0.6 is 11.8 Å². The highest BCUT2D eigenvalue weighted by Crippen LogP contribution is 2.36. The summed E-state index contributed by atoms with van der Waals surface area (Å²) in [6, 6.07) is 15.8. The van der Waals surface area contributed by atoms with Crippen LogP contribution in [0.1, 0.15) is 23.6 Å². The quantitative estimate of drug-likeness (QED) is 0.797. The van der Waals surface area contributed by atoms with Crippen molar-refractivity contribution in [3.8, 4) is 11.5 Å². The van der Waals surface area contributed by atoms with Crippen LogP contribution in [0.25, 0.3) is 0 Å². The molecule has 0 spiro atoms. The van der Waals surface area contributed by atoms with E-state index in [-0.39, 0.29) is 11.3 Å². The molecule has 2 heterocycles. The molecule has 0 N–H and O–H groups in total. The molecule has 0 radical (unpaired) electrons. The second kappa shape index (κ2) is 7.44. The monoisotopic (exact) mass is 381 g/mol. The summed E-state index contributed by atoms with van der Waals surface area (Å²) in [4.78, 5) is 15.8. The Balaban J connectivity index is 1.70. The molecular weight excluding hydrogens is 362 g/mol. The Labute approximate surface area is 161 Å². The molecule has 7 heteroatoms. The summed E-state index contributed by atoms with van der Waals surface area (Å²) in [6.07, 6.45) is 0.720. The summed E-state index contributed by atoms with van der Waals surface area (Å²) < 4.78 is 10.6. The highest BCUT2D eigenvalue weighted by molar-refractivity contribution is 8.14. The normalized spacial score (nSPS) is 19.1. The molecule has 6 nitrogen and oxygen atoms in total. The van der Waals surface area contributed by atoms with Gasteiger partial charge in [0.25, 0.3) is 0 Å². The number of hydrogen-bond acceptors (Lipinski definition) is 6. The molecule has 0 saturated carbocycles. The van der Waals surface area contributed by atoms with Crippen LogP contribution in [0.3, 0.4) is 0 Å². The summed E-state index contributed by atoms with van der Waals surface area (Å²) in [6.45, 7) is 0. The third kappa shape index (κ3) is 3.55. The number of thioether (sulfide) groups is 1. The highest BCUT2D eigenvalue weighted by Gasteiger charge is 2.34. The molecule has 1 unspecified atom stereocenters. The molecule has 2 aliphatic heterocycles. The molecule has 0 aromatic heterocycles. The minimum Gasteiger partial charge on any atom is -0.497 e. The van der Waals surface area contributed by atoms with Crippen molar-refractivity contribution in [1.82, 2.24) is 5.01 Å². The van der Waals surface area contributed by atoms with E-state index in [1.165, 1.54) is 11.8 Å². The fourth-order valence-corrected chi connectivity index (χ4v) is 3.84. The van der Waals surface area contributed by atoms with Gasteiger partial charge in [-0.2, -0.15) is 10.1 Å². The second-order valence-electron chi connectivity index (χ2n) is 6.20. The molecule has 1 atom stereocenters. The number of aliphatic imine (C=N–C) groups is 1. The van der Waals surface area contributed by atoms with Crippen LogP contribution in [-0.2, 0) is 0 Å². The Hall–Kier alpha value is -2.80. The van der Waals surface area contributed by atoms with Crippen LogP contribution < -0.4 is 9.47 Å². The number of benzene rings is 2. The molecule has 2 aliphatic rings. The van der Waals surface area contributed by atoms with Crippen molar-refractivity contribution >= 4 is 28.5 Å². The van der Waals surface area contributed by atoms with Gasteiger partial charge in [-0.25, -0.2) is 5.01 Å². The number of nitrogens with zero attached hydrogens (tertiary/aromatic N) is 3. The number of ether oxygens (including phenoxy) is 2. The maximum absolute atomic E-state index is 11.6. The Morgan fingerprint density at radius 3 is 2.52 bits per heavy atom. The zero-order chi connectivity index (χ0) is 18.8. The van der Waals surface area contributed by atoms with Gasteiger partial charge < -0.3 is 9.47 Å². The number of methoxy groups -OCH3 is 2. The van der Waals surface area contributed by atoms with Gasteiger partial charge in [-0.15, -0.1) is 0 Å². The first-order valence-electron chi connectivity index (χ1n) is 8.57. The predicted molar refractivity (Wildman–Crippen MR) is 107 cm³/mol. The van der Waals surface area contributed by atoms with Gasteiger partial charge in [0.05, 0.1) is 31.7 Å². The molecule has 4 rings (SSSR count). The predicted octanol–water partition coefficient (Wildman–Crippen LogP) is 4.12. The van der Waals surface area contributed by atoms with Gasteiger partial charge in [0, 0.05) is 12.0 Å². The Bertz CT molecular complexity index is 924. The Morgan fingerprint density at radius 2 is 1.85 bits per heavy atom. The summed E-state index contributed by atoms with van der Waals surface area (Å²) in [5, 5.41) is 6.54. The fraction of sp³-hybridized carbons (Fsp3) is 0.250. The summed E-state index contributed by atoms with van der Waals surface area (Å²) in [7, 11) is 3.30. The van der Waals surface area contributed by atoms with E-state index in [2.05, 4.69) is 4.99 Å². The van der Waals surface area contributed by atoms with Crippen LogP contribution in [-0.4, -0.2) is 41.8 Å². The van der Waals surface area contributed by atoms with Crippen molar-refractivity contribution < 1.29 is 14.3 Å². The molecule has 138 valence electrons. The topological polar surface area (TPSA) is 63.5 Å². The lowest BCUT2D eigenvalue weighted by Crippen LogP contribution is -2.27. The number of carbonyl (C=O) groups excluding carboxylic acids is 1. The lowest BCUT2D eigenvalue weighted by Gasteiger charge is -2.23. The van der Waals surface area contributed by atoms with Gasteiger partial charge in [-0.3, -0.25) is 4.79 Å². The van der Waals surface area contributed by atoms with Gasteiger partial charge in [-0.05, 0) is 29.8 Å². The summed E-state index contributed by atoms with van der Waals surface area (Å²) in [5.41, 5.74) is 3.05. The number of hydrogen-bond donors (Lipinski definition) is 0. The van der Waals surface area contributed by atoms with E-state index >= 15 is 0 Å². The highest BCUT2D eigenvalue weighted by atomic mass is 32.2. The van der Waals surface area contributed by atoms with E-state index in [1.54, 1.807) is 14.2 Å². The van der Waals surface area contributed by atoms with Gasteiger partial charge in [0.2, 0.25) is 0 Å². The molecule has 0 fully saturated rings. The minimum absolute atomic E-state index is 0.0117. The van der Waals surface area contributed by atoms with Gasteiger partial charge >= 0.3 is 5.24 Å². The summed E-state index contributed by atoms with van der Waals surface area (Å²) >= 11 is 1.21. The van der Waals surface area contributed by atoms with Crippen LogP contribution in [0.5, 0.6) is 11.5 Å². The van der Waals surface area contributed by atoms with Crippen LogP contribution in [0.15, 0.2) is 58.6 Å².